The zero-order valence-electron chi connectivity index (χ0n) is 14.4. The molecule has 7 heteroatoms. The second-order valence-electron chi connectivity index (χ2n) is 5.53. The Balaban J connectivity index is 1.34. The summed E-state index contributed by atoms with van der Waals surface area (Å²) in [4.78, 5) is 17.2. The SMILES string of the molecule is COc1ccc(OCCCC(=O)NCc2coc(-c3cccs3)n2)cc1. The minimum atomic E-state index is -0.0380. The molecule has 0 spiro atoms. The number of benzene rings is 1. The van der Waals surface area contributed by atoms with Gasteiger partial charge in [0.05, 0.1) is 30.8 Å². The lowest BCUT2D eigenvalue weighted by atomic mass is 10.3. The summed E-state index contributed by atoms with van der Waals surface area (Å²) in [7, 11) is 1.62. The van der Waals surface area contributed by atoms with E-state index in [-0.39, 0.29) is 5.91 Å². The lowest BCUT2D eigenvalue weighted by molar-refractivity contribution is -0.121. The highest BCUT2D eigenvalue weighted by molar-refractivity contribution is 7.13. The molecular formula is C19H20N2O4S. The zero-order chi connectivity index (χ0) is 18.2. The number of nitrogens with one attached hydrogen (secondary N) is 1. The second kappa shape index (κ2) is 9.05. The molecule has 26 heavy (non-hydrogen) atoms. The smallest absolute Gasteiger partial charge is 0.236 e. The van der Waals surface area contributed by atoms with Crippen LogP contribution in [0.4, 0.5) is 0 Å². The van der Waals surface area contributed by atoms with Gasteiger partial charge in [0.2, 0.25) is 11.8 Å². The maximum Gasteiger partial charge on any atom is 0.236 e. The number of carbonyl (C=O) groups is 1. The number of hydrogen-bond donors (Lipinski definition) is 1. The molecule has 0 unspecified atom stereocenters. The number of carbonyl (C=O) groups excluding carboxylic acids is 1. The first-order chi connectivity index (χ1) is 12.7. The summed E-state index contributed by atoms with van der Waals surface area (Å²) in [5, 5.41) is 4.81. The van der Waals surface area contributed by atoms with E-state index in [0.29, 0.717) is 37.6 Å². The van der Waals surface area contributed by atoms with Gasteiger partial charge in [-0.3, -0.25) is 4.79 Å². The number of rotatable bonds is 9. The first-order valence-electron chi connectivity index (χ1n) is 8.26. The number of aromatic nitrogens is 1. The Morgan fingerprint density at radius 2 is 2.04 bits per heavy atom. The molecule has 0 atom stereocenters. The predicted molar refractivity (Wildman–Crippen MR) is 99.4 cm³/mol. The van der Waals surface area contributed by atoms with E-state index in [9.17, 15) is 4.79 Å². The molecule has 1 aromatic carbocycles. The van der Waals surface area contributed by atoms with E-state index in [0.717, 1.165) is 16.4 Å². The lowest BCUT2D eigenvalue weighted by Gasteiger charge is -2.07. The summed E-state index contributed by atoms with van der Waals surface area (Å²) in [6.45, 7) is 0.833. The number of hydrogen-bond acceptors (Lipinski definition) is 6. The number of oxazole rings is 1. The Labute approximate surface area is 155 Å². The van der Waals surface area contributed by atoms with Crippen LogP contribution < -0.4 is 14.8 Å². The monoisotopic (exact) mass is 372 g/mol. The van der Waals surface area contributed by atoms with Crippen LogP contribution >= 0.6 is 11.3 Å². The Kier molecular flexibility index (Phi) is 6.27. The van der Waals surface area contributed by atoms with Gasteiger partial charge in [0.15, 0.2) is 0 Å². The van der Waals surface area contributed by atoms with Crippen LogP contribution in [-0.2, 0) is 11.3 Å². The van der Waals surface area contributed by atoms with Gasteiger partial charge in [-0.2, -0.15) is 0 Å². The van der Waals surface area contributed by atoms with Gasteiger partial charge >= 0.3 is 0 Å². The van der Waals surface area contributed by atoms with Crippen molar-refractivity contribution >= 4 is 17.2 Å². The Morgan fingerprint density at radius 3 is 2.77 bits per heavy atom. The zero-order valence-corrected chi connectivity index (χ0v) is 15.3. The average Bonchev–Trinajstić information content (AvgIpc) is 3.35. The number of thiophene rings is 1. The number of ether oxygens (including phenoxy) is 2. The molecule has 1 N–H and O–H groups in total. The highest BCUT2D eigenvalue weighted by atomic mass is 32.1. The van der Waals surface area contributed by atoms with Crippen molar-refractivity contribution in [2.24, 2.45) is 0 Å². The lowest BCUT2D eigenvalue weighted by Crippen LogP contribution is -2.23. The first kappa shape index (κ1) is 18.0. The van der Waals surface area contributed by atoms with Gasteiger partial charge < -0.3 is 19.2 Å². The van der Waals surface area contributed by atoms with Crippen LogP contribution in [0.3, 0.4) is 0 Å². The summed E-state index contributed by atoms with van der Waals surface area (Å²) < 4.78 is 16.1. The van der Waals surface area contributed by atoms with E-state index >= 15 is 0 Å². The van der Waals surface area contributed by atoms with E-state index in [1.165, 1.54) is 0 Å². The molecule has 136 valence electrons. The number of nitrogens with zero attached hydrogens (tertiary/aromatic N) is 1. The van der Waals surface area contributed by atoms with Crippen LogP contribution in [0.2, 0.25) is 0 Å². The normalized spacial score (nSPS) is 10.5. The third-order valence-corrected chi connectivity index (χ3v) is 4.48. The second-order valence-corrected chi connectivity index (χ2v) is 6.47. The molecule has 0 aliphatic rings. The van der Waals surface area contributed by atoms with Crippen molar-refractivity contribution < 1.29 is 18.7 Å². The van der Waals surface area contributed by atoms with E-state index in [2.05, 4.69) is 10.3 Å². The van der Waals surface area contributed by atoms with Crippen LogP contribution in [0, 0.1) is 0 Å². The van der Waals surface area contributed by atoms with Gasteiger partial charge in [-0.1, -0.05) is 6.07 Å². The molecule has 0 bridgehead atoms. The fourth-order valence-corrected chi connectivity index (χ4v) is 2.93. The minimum Gasteiger partial charge on any atom is -0.497 e. The molecule has 0 fully saturated rings. The average molecular weight is 372 g/mol. The number of methoxy groups -OCH3 is 1. The van der Waals surface area contributed by atoms with Crippen LogP contribution in [0.15, 0.2) is 52.5 Å². The summed E-state index contributed by atoms with van der Waals surface area (Å²) in [5.41, 5.74) is 0.705. The molecule has 1 amide bonds. The van der Waals surface area contributed by atoms with E-state index < -0.39 is 0 Å². The van der Waals surface area contributed by atoms with Gasteiger partial charge in [-0.15, -0.1) is 11.3 Å². The van der Waals surface area contributed by atoms with Gasteiger partial charge in [-0.05, 0) is 42.1 Å². The molecule has 0 saturated heterocycles. The van der Waals surface area contributed by atoms with Crippen molar-refractivity contribution in [2.75, 3.05) is 13.7 Å². The van der Waals surface area contributed by atoms with Crippen molar-refractivity contribution in [3.8, 4) is 22.3 Å². The summed E-state index contributed by atoms with van der Waals surface area (Å²) in [5.74, 6) is 2.09. The molecule has 2 heterocycles. The summed E-state index contributed by atoms with van der Waals surface area (Å²) in [6, 6.07) is 11.2. The van der Waals surface area contributed by atoms with Crippen molar-refractivity contribution in [2.45, 2.75) is 19.4 Å². The minimum absolute atomic E-state index is 0.0380. The third-order valence-electron chi connectivity index (χ3n) is 3.63. The highest BCUT2D eigenvalue weighted by Crippen LogP contribution is 2.23. The maximum absolute atomic E-state index is 11.9. The number of amides is 1. The van der Waals surface area contributed by atoms with Crippen LogP contribution in [0.25, 0.3) is 10.8 Å². The molecule has 2 aromatic heterocycles. The fraction of sp³-hybridized carbons (Fsp3) is 0.263. The van der Waals surface area contributed by atoms with Crippen molar-refractivity contribution in [3.05, 3.63) is 53.7 Å². The standard InChI is InChI=1S/C19H20N2O4S/c1-23-15-6-8-16(9-7-15)24-10-2-5-18(22)20-12-14-13-25-19(21-14)17-4-3-11-26-17/h3-4,6-9,11,13H,2,5,10,12H2,1H3,(H,20,22). The Bertz CT molecular complexity index is 812. The van der Waals surface area contributed by atoms with Gasteiger partial charge in [0, 0.05) is 6.42 Å². The van der Waals surface area contributed by atoms with Crippen LogP contribution in [0.5, 0.6) is 11.5 Å². The van der Waals surface area contributed by atoms with E-state index in [4.69, 9.17) is 13.9 Å². The van der Waals surface area contributed by atoms with Crippen molar-refractivity contribution in [1.82, 2.24) is 10.3 Å². The third kappa shape index (κ3) is 5.10. The maximum atomic E-state index is 11.9. The molecule has 0 aliphatic carbocycles. The molecular weight excluding hydrogens is 352 g/mol. The predicted octanol–water partition coefficient (Wildman–Crippen LogP) is 3.89. The van der Waals surface area contributed by atoms with Crippen LogP contribution in [-0.4, -0.2) is 24.6 Å². The quantitative estimate of drug-likeness (QED) is 0.577. The first-order valence-corrected chi connectivity index (χ1v) is 9.14. The fourth-order valence-electron chi connectivity index (χ4n) is 2.27. The summed E-state index contributed by atoms with van der Waals surface area (Å²) in [6.07, 6.45) is 2.60. The molecule has 3 aromatic rings. The Morgan fingerprint density at radius 1 is 1.23 bits per heavy atom. The largest absolute Gasteiger partial charge is 0.497 e. The molecule has 0 aliphatic heterocycles. The topological polar surface area (TPSA) is 73.6 Å². The van der Waals surface area contributed by atoms with E-state index in [1.807, 2.05) is 41.8 Å². The van der Waals surface area contributed by atoms with E-state index in [1.54, 1.807) is 24.7 Å². The van der Waals surface area contributed by atoms with Crippen molar-refractivity contribution in [1.29, 1.82) is 0 Å². The molecule has 3 rings (SSSR count). The van der Waals surface area contributed by atoms with Gasteiger partial charge in [-0.25, -0.2) is 4.98 Å². The highest BCUT2D eigenvalue weighted by Gasteiger charge is 2.08. The van der Waals surface area contributed by atoms with Gasteiger partial charge in [0.25, 0.3) is 0 Å². The van der Waals surface area contributed by atoms with Crippen LogP contribution in [0.1, 0.15) is 18.5 Å². The van der Waals surface area contributed by atoms with Crippen molar-refractivity contribution in [3.63, 3.8) is 0 Å². The summed E-state index contributed by atoms with van der Waals surface area (Å²) >= 11 is 1.56. The molecule has 0 radical (unpaired) electrons. The molecule has 0 saturated carbocycles. The molecule has 6 nitrogen and oxygen atoms in total. The van der Waals surface area contributed by atoms with Gasteiger partial charge in [0.1, 0.15) is 17.8 Å². The Hall–Kier alpha value is -2.80.